The first kappa shape index (κ1) is 11.7. The van der Waals surface area contributed by atoms with Gasteiger partial charge < -0.3 is 9.67 Å². The first-order valence-corrected chi connectivity index (χ1v) is 5.06. The lowest BCUT2D eigenvalue weighted by Crippen LogP contribution is -2.21. The molecule has 1 rings (SSSR count). The van der Waals surface area contributed by atoms with E-state index in [-0.39, 0.29) is 12.1 Å². The molecule has 1 N–H and O–H groups in total. The minimum Gasteiger partial charge on any atom is -0.478 e. The Morgan fingerprint density at radius 1 is 1.67 bits per heavy atom. The zero-order valence-electron chi connectivity index (χ0n) is 8.11. The molecule has 1 aromatic rings. The number of hydrogen-bond acceptors (Lipinski definition) is 2. The second kappa shape index (κ2) is 4.93. The van der Waals surface area contributed by atoms with Crippen molar-refractivity contribution >= 4 is 21.9 Å². The highest BCUT2D eigenvalue weighted by Gasteiger charge is 1.99. The van der Waals surface area contributed by atoms with Crippen molar-refractivity contribution in [3.05, 3.63) is 44.8 Å². The normalized spacial score (nSPS) is 10.8. The topological polar surface area (TPSA) is 59.3 Å². The molecule has 15 heavy (non-hydrogen) atoms. The van der Waals surface area contributed by atoms with E-state index < -0.39 is 5.97 Å². The highest BCUT2D eigenvalue weighted by atomic mass is 79.9. The Hall–Kier alpha value is -1.36. The number of carboxylic acids is 1. The van der Waals surface area contributed by atoms with Crippen molar-refractivity contribution in [2.75, 3.05) is 0 Å². The Morgan fingerprint density at radius 2 is 2.33 bits per heavy atom. The average Bonchev–Trinajstić information content (AvgIpc) is 2.12. The van der Waals surface area contributed by atoms with Crippen LogP contribution in [0.2, 0.25) is 0 Å². The van der Waals surface area contributed by atoms with Crippen molar-refractivity contribution in [1.29, 1.82) is 0 Å². The fourth-order valence-electron chi connectivity index (χ4n) is 1.14. The van der Waals surface area contributed by atoms with Crippen LogP contribution < -0.4 is 5.56 Å². The number of aryl methyl sites for hydroxylation is 1. The van der Waals surface area contributed by atoms with Crippen LogP contribution in [0, 0.1) is 6.92 Å². The molecule has 0 unspecified atom stereocenters. The van der Waals surface area contributed by atoms with Gasteiger partial charge in [-0.3, -0.25) is 4.79 Å². The molecule has 0 saturated carbocycles. The zero-order valence-corrected chi connectivity index (χ0v) is 9.69. The summed E-state index contributed by atoms with van der Waals surface area (Å²) in [6.07, 6.45) is 4.07. The summed E-state index contributed by atoms with van der Waals surface area (Å²) >= 11 is 3.27. The second-order valence-corrected chi connectivity index (χ2v) is 3.96. The molecule has 4 nitrogen and oxygen atoms in total. The highest BCUT2D eigenvalue weighted by molar-refractivity contribution is 9.10. The maximum Gasteiger partial charge on any atom is 0.328 e. The van der Waals surface area contributed by atoms with E-state index in [9.17, 15) is 9.59 Å². The van der Waals surface area contributed by atoms with E-state index >= 15 is 0 Å². The van der Waals surface area contributed by atoms with Crippen LogP contribution in [0.4, 0.5) is 0 Å². The Kier molecular flexibility index (Phi) is 3.85. The number of allylic oxidation sites excluding steroid dienone is 1. The Morgan fingerprint density at radius 3 is 2.93 bits per heavy atom. The molecule has 0 aromatic carbocycles. The molecule has 1 aromatic heterocycles. The molecule has 0 aliphatic heterocycles. The van der Waals surface area contributed by atoms with Gasteiger partial charge in [0.2, 0.25) is 0 Å². The SMILES string of the molecule is Cc1cc(Br)cn(C/C=C/C(=O)O)c1=O. The molecule has 5 heteroatoms. The number of hydrogen-bond donors (Lipinski definition) is 1. The van der Waals surface area contributed by atoms with E-state index in [0.29, 0.717) is 5.56 Å². The largest absolute Gasteiger partial charge is 0.478 e. The molecule has 0 aliphatic carbocycles. The fraction of sp³-hybridized carbons (Fsp3) is 0.200. The van der Waals surface area contributed by atoms with E-state index in [1.165, 1.54) is 10.6 Å². The van der Waals surface area contributed by atoms with Gasteiger partial charge in [-0.2, -0.15) is 0 Å². The minimum atomic E-state index is -1.02. The summed E-state index contributed by atoms with van der Waals surface area (Å²) < 4.78 is 2.24. The summed E-state index contributed by atoms with van der Waals surface area (Å²) in [5.74, 6) is -1.02. The van der Waals surface area contributed by atoms with E-state index in [4.69, 9.17) is 5.11 Å². The number of carbonyl (C=O) groups is 1. The van der Waals surface area contributed by atoms with Crippen LogP contribution in [0.3, 0.4) is 0 Å². The van der Waals surface area contributed by atoms with Crippen molar-refractivity contribution in [3.8, 4) is 0 Å². The van der Waals surface area contributed by atoms with Crippen LogP contribution in [0.5, 0.6) is 0 Å². The predicted molar refractivity (Wildman–Crippen MR) is 59.9 cm³/mol. The summed E-state index contributed by atoms with van der Waals surface area (Å²) in [6, 6.07) is 1.72. The maximum absolute atomic E-state index is 11.6. The van der Waals surface area contributed by atoms with Crippen molar-refractivity contribution < 1.29 is 9.90 Å². The van der Waals surface area contributed by atoms with Crippen LogP contribution in [-0.4, -0.2) is 15.6 Å². The molecule has 0 atom stereocenters. The summed E-state index contributed by atoms with van der Waals surface area (Å²) in [5, 5.41) is 8.39. The van der Waals surface area contributed by atoms with E-state index in [1.54, 1.807) is 19.2 Å². The van der Waals surface area contributed by atoms with Crippen molar-refractivity contribution in [2.45, 2.75) is 13.5 Å². The number of carboxylic acid groups (broad SMARTS) is 1. The van der Waals surface area contributed by atoms with Gasteiger partial charge in [0.1, 0.15) is 0 Å². The Labute approximate surface area is 95.0 Å². The lowest BCUT2D eigenvalue weighted by Gasteiger charge is -2.03. The number of aliphatic carboxylic acids is 1. The summed E-state index contributed by atoms with van der Waals surface area (Å²) in [7, 11) is 0. The van der Waals surface area contributed by atoms with Gasteiger partial charge in [0, 0.05) is 28.9 Å². The fourth-order valence-corrected chi connectivity index (χ4v) is 1.73. The molecule has 0 spiro atoms. The Bertz CT molecular complexity index is 462. The Balaban J connectivity index is 2.95. The smallest absolute Gasteiger partial charge is 0.328 e. The van der Waals surface area contributed by atoms with Crippen LogP contribution in [-0.2, 0) is 11.3 Å². The zero-order chi connectivity index (χ0) is 11.4. The summed E-state index contributed by atoms with van der Waals surface area (Å²) in [5.41, 5.74) is 0.501. The summed E-state index contributed by atoms with van der Waals surface area (Å²) in [6.45, 7) is 1.97. The molecular formula is C10H10BrNO3. The molecule has 0 saturated heterocycles. The highest BCUT2D eigenvalue weighted by Crippen LogP contribution is 2.07. The number of aromatic nitrogens is 1. The molecular weight excluding hydrogens is 262 g/mol. The van der Waals surface area contributed by atoms with Gasteiger partial charge in [-0.15, -0.1) is 0 Å². The van der Waals surface area contributed by atoms with Crippen molar-refractivity contribution in [3.63, 3.8) is 0 Å². The van der Waals surface area contributed by atoms with Gasteiger partial charge in [-0.1, -0.05) is 6.08 Å². The monoisotopic (exact) mass is 271 g/mol. The standard InChI is InChI=1S/C10H10BrNO3/c1-7-5-8(11)6-12(10(7)15)4-2-3-9(13)14/h2-3,5-6H,4H2,1H3,(H,13,14)/b3-2+. The molecule has 0 fully saturated rings. The second-order valence-electron chi connectivity index (χ2n) is 3.04. The van der Waals surface area contributed by atoms with Crippen LogP contribution in [0.1, 0.15) is 5.56 Å². The lowest BCUT2D eigenvalue weighted by atomic mass is 10.3. The number of rotatable bonds is 3. The summed E-state index contributed by atoms with van der Waals surface area (Å²) in [4.78, 5) is 21.8. The molecule has 0 amide bonds. The van der Waals surface area contributed by atoms with E-state index in [0.717, 1.165) is 10.5 Å². The molecule has 1 heterocycles. The minimum absolute atomic E-state index is 0.117. The number of pyridine rings is 1. The first-order valence-electron chi connectivity index (χ1n) is 4.27. The third kappa shape index (κ3) is 3.36. The van der Waals surface area contributed by atoms with Crippen molar-refractivity contribution in [1.82, 2.24) is 4.57 Å². The van der Waals surface area contributed by atoms with Gasteiger partial charge in [-0.05, 0) is 28.9 Å². The van der Waals surface area contributed by atoms with Crippen LogP contribution in [0.15, 0.2) is 33.7 Å². The molecule has 0 radical (unpaired) electrons. The van der Waals surface area contributed by atoms with Gasteiger partial charge >= 0.3 is 5.97 Å². The van der Waals surface area contributed by atoms with Crippen LogP contribution >= 0.6 is 15.9 Å². The molecule has 0 aliphatic rings. The van der Waals surface area contributed by atoms with Gasteiger partial charge in [0.05, 0.1) is 0 Å². The number of nitrogens with zero attached hydrogens (tertiary/aromatic N) is 1. The van der Waals surface area contributed by atoms with E-state index in [2.05, 4.69) is 15.9 Å². The van der Waals surface area contributed by atoms with Gasteiger partial charge in [0.25, 0.3) is 5.56 Å². The van der Waals surface area contributed by atoms with E-state index in [1.807, 2.05) is 0 Å². The number of halogens is 1. The quantitative estimate of drug-likeness (QED) is 0.849. The van der Waals surface area contributed by atoms with Crippen LogP contribution in [0.25, 0.3) is 0 Å². The molecule has 0 bridgehead atoms. The third-order valence-corrected chi connectivity index (χ3v) is 2.23. The lowest BCUT2D eigenvalue weighted by molar-refractivity contribution is -0.131. The average molecular weight is 272 g/mol. The predicted octanol–water partition coefficient (Wildman–Crippen LogP) is 1.56. The van der Waals surface area contributed by atoms with Gasteiger partial charge in [0.15, 0.2) is 0 Å². The maximum atomic E-state index is 11.6. The third-order valence-electron chi connectivity index (χ3n) is 1.79. The first-order chi connectivity index (χ1) is 7.00. The van der Waals surface area contributed by atoms with Crippen molar-refractivity contribution in [2.24, 2.45) is 0 Å². The molecule has 80 valence electrons. The van der Waals surface area contributed by atoms with Gasteiger partial charge in [-0.25, -0.2) is 4.79 Å².